The Balaban J connectivity index is 2.21. The first-order valence-electron chi connectivity index (χ1n) is 8.95. The molecule has 0 unspecified atom stereocenters. The van der Waals surface area contributed by atoms with Crippen LogP contribution in [0.2, 0.25) is 5.02 Å². The van der Waals surface area contributed by atoms with Gasteiger partial charge < -0.3 is 15.4 Å². The summed E-state index contributed by atoms with van der Waals surface area (Å²) in [5, 5.41) is 5.14. The van der Waals surface area contributed by atoms with Gasteiger partial charge >= 0.3 is 6.03 Å². The van der Waals surface area contributed by atoms with E-state index in [1.54, 1.807) is 19.9 Å². The van der Waals surface area contributed by atoms with Crippen LogP contribution in [0.3, 0.4) is 0 Å². The van der Waals surface area contributed by atoms with E-state index in [1.165, 1.54) is 16.7 Å². The van der Waals surface area contributed by atoms with Crippen molar-refractivity contribution in [1.29, 1.82) is 0 Å². The molecule has 0 bridgehead atoms. The van der Waals surface area contributed by atoms with Gasteiger partial charge in [-0.2, -0.15) is 4.98 Å². The molecule has 1 aromatic heterocycles. The fraction of sp³-hybridized carbons (Fsp3) is 0.421. The van der Waals surface area contributed by atoms with Crippen LogP contribution in [0.4, 0.5) is 9.18 Å². The minimum Gasteiger partial charge on any atom is -0.472 e. The van der Waals surface area contributed by atoms with Crippen molar-refractivity contribution in [2.24, 2.45) is 0 Å². The first kappa shape index (κ1) is 21.7. The lowest BCUT2D eigenvalue weighted by molar-refractivity contribution is 0.241. The summed E-state index contributed by atoms with van der Waals surface area (Å²) in [6.07, 6.45) is 0. The van der Waals surface area contributed by atoms with Gasteiger partial charge in [0.25, 0.3) is 5.56 Å². The second-order valence-corrected chi connectivity index (χ2v) is 6.84. The number of hydrogen-bond acceptors (Lipinski definition) is 4. The second-order valence-electron chi connectivity index (χ2n) is 6.46. The van der Waals surface area contributed by atoms with E-state index >= 15 is 0 Å². The quantitative estimate of drug-likeness (QED) is 0.733. The number of rotatable bonds is 7. The molecule has 9 heteroatoms. The average Bonchev–Trinajstić information content (AvgIpc) is 2.62. The van der Waals surface area contributed by atoms with E-state index in [-0.39, 0.29) is 41.7 Å². The van der Waals surface area contributed by atoms with Gasteiger partial charge in [-0.3, -0.25) is 9.36 Å². The van der Waals surface area contributed by atoms with Crippen LogP contribution in [0.15, 0.2) is 23.0 Å². The number of benzene rings is 1. The smallest absolute Gasteiger partial charge is 0.315 e. The third kappa shape index (κ3) is 5.22. The van der Waals surface area contributed by atoms with E-state index in [0.29, 0.717) is 23.5 Å². The lowest BCUT2D eigenvalue weighted by Gasteiger charge is -2.16. The van der Waals surface area contributed by atoms with Crippen LogP contribution in [0, 0.1) is 12.7 Å². The van der Waals surface area contributed by atoms with Gasteiger partial charge in [-0.1, -0.05) is 17.7 Å². The first-order chi connectivity index (χ1) is 13.2. The summed E-state index contributed by atoms with van der Waals surface area (Å²) >= 11 is 6.14. The van der Waals surface area contributed by atoms with E-state index in [2.05, 4.69) is 15.6 Å². The molecule has 2 rings (SSSR count). The van der Waals surface area contributed by atoms with Crippen LogP contribution in [0.1, 0.15) is 43.8 Å². The van der Waals surface area contributed by atoms with Gasteiger partial charge in [0.1, 0.15) is 18.2 Å². The highest BCUT2D eigenvalue weighted by atomic mass is 35.5. The molecule has 0 aliphatic carbocycles. The summed E-state index contributed by atoms with van der Waals surface area (Å²) in [6, 6.07) is 3.74. The molecular formula is C19H24ClFN4O3. The van der Waals surface area contributed by atoms with Gasteiger partial charge in [0, 0.05) is 19.1 Å². The number of halogens is 2. The molecule has 2 amide bonds. The number of nitrogens with one attached hydrogen (secondary N) is 2. The number of carbonyl (C=O) groups is 1. The van der Waals surface area contributed by atoms with Crippen molar-refractivity contribution in [3.63, 3.8) is 0 Å². The summed E-state index contributed by atoms with van der Waals surface area (Å²) in [5.74, 6) is 0.0765. The zero-order valence-electron chi connectivity index (χ0n) is 16.3. The topological polar surface area (TPSA) is 85.2 Å². The normalized spacial score (nSPS) is 10.8. The largest absolute Gasteiger partial charge is 0.472 e. The molecule has 1 aromatic carbocycles. The molecule has 0 radical (unpaired) electrons. The van der Waals surface area contributed by atoms with E-state index < -0.39 is 5.82 Å². The van der Waals surface area contributed by atoms with E-state index in [0.717, 1.165) is 0 Å². The Bertz CT molecular complexity index is 915. The zero-order valence-corrected chi connectivity index (χ0v) is 17.1. The Hall–Kier alpha value is -2.61. The van der Waals surface area contributed by atoms with Crippen molar-refractivity contribution in [3.8, 4) is 5.88 Å². The van der Waals surface area contributed by atoms with Crippen LogP contribution >= 0.6 is 11.6 Å². The molecule has 152 valence electrons. The standard InChI is InChI=1S/C19H24ClFN4O3/c1-5-22-19(27)23-9-14-8-15(21)7-6-13(14)10-28-17-16(20)18(26)25(11(2)3)12(4)24-17/h6-8,11H,5,9-10H2,1-4H3,(H2,22,23,27). The number of carbonyl (C=O) groups excluding carboxylic acids is 1. The van der Waals surface area contributed by atoms with Crippen LogP contribution in [0.25, 0.3) is 0 Å². The SMILES string of the molecule is CCNC(=O)NCc1cc(F)ccc1COc1nc(C)n(C(C)C)c(=O)c1Cl. The number of aryl methyl sites for hydroxylation is 1. The summed E-state index contributed by atoms with van der Waals surface area (Å²) in [5.41, 5.74) is 0.813. The summed E-state index contributed by atoms with van der Waals surface area (Å²) in [6.45, 7) is 7.84. The Morgan fingerprint density at radius 1 is 1.32 bits per heavy atom. The van der Waals surface area contributed by atoms with Gasteiger partial charge in [0.05, 0.1) is 0 Å². The van der Waals surface area contributed by atoms with E-state index in [1.807, 2.05) is 13.8 Å². The lowest BCUT2D eigenvalue weighted by Crippen LogP contribution is -2.35. The predicted octanol–water partition coefficient (Wildman–Crippen LogP) is 3.32. The first-order valence-corrected chi connectivity index (χ1v) is 9.32. The van der Waals surface area contributed by atoms with Crippen molar-refractivity contribution in [2.75, 3.05) is 6.54 Å². The Morgan fingerprint density at radius 3 is 2.68 bits per heavy atom. The molecule has 28 heavy (non-hydrogen) atoms. The maximum absolute atomic E-state index is 13.6. The van der Waals surface area contributed by atoms with Gasteiger partial charge in [0.2, 0.25) is 5.88 Å². The zero-order chi connectivity index (χ0) is 20.8. The van der Waals surface area contributed by atoms with Crippen molar-refractivity contribution < 1.29 is 13.9 Å². The molecule has 2 N–H and O–H groups in total. The molecule has 0 aliphatic heterocycles. The molecule has 0 fully saturated rings. The number of nitrogens with zero attached hydrogens (tertiary/aromatic N) is 2. The third-order valence-corrected chi connectivity index (χ3v) is 4.36. The average molecular weight is 411 g/mol. The number of ether oxygens (including phenoxy) is 1. The Morgan fingerprint density at radius 2 is 2.04 bits per heavy atom. The van der Waals surface area contributed by atoms with Crippen LogP contribution in [-0.4, -0.2) is 22.1 Å². The molecule has 1 heterocycles. The number of amides is 2. The number of aromatic nitrogens is 2. The molecule has 2 aromatic rings. The summed E-state index contributed by atoms with van der Waals surface area (Å²) in [4.78, 5) is 28.3. The Labute approximate surface area is 167 Å². The molecule has 0 aliphatic rings. The Kier molecular flexibility index (Phi) is 7.39. The summed E-state index contributed by atoms with van der Waals surface area (Å²) < 4.78 is 20.8. The van der Waals surface area contributed by atoms with Crippen LogP contribution in [0.5, 0.6) is 5.88 Å². The van der Waals surface area contributed by atoms with E-state index in [9.17, 15) is 14.0 Å². The van der Waals surface area contributed by atoms with Crippen molar-refractivity contribution in [3.05, 3.63) is 56.3 Å². The van der Waals surface area contributed by atoms with Crippen molar-refractivity contribution in [2.45, 2.75) is 46.9 Å². The third-order valence-electron chi connectivity index (χ3n) is 4.03. The molecule has 0 saturated heterocycles. The van der Waals surface area contributed by atoms with Gasteiger partial charge in [-0.15, -0.1) is 0 Å². The minimum absolute atomic E-state index is 0.0178. The molecule has 7 nitrogen and oxygen atoms in total. The minimum atomic E-state index is -0.428. The van der Waals surface area contributed by atoms with Gasteiger partial charge in [0.15, 0.2) is 5.02 Å². The second kappa shape index (κ2) is 9.54. The van der Waals surface area contributed by atoms with Gasteiger partial charge in [-0.25, -0.2) is 9.18 Å². The van der Waals surface area contributed by atoms with Crippen LogP contribution in [-0.2, 0) is 13.2 Å². The maximum atomic E-state index is 13.6. The number of hydrogen-bond donors (Lipinski definition) is 2. The molecular weight excluding hydrogens is 387 g/mol. The van der Waals surface area contributed by atoms with Crippen molar-refractivity contribution in [1.82, 2.24) is 20.2 Å². The molecule has 0 saturated carbocycles. The maximum Gasteiger partial charge on any atom is 0.315 e. The highest BCUT2D eigenvalue weighted by Crippen LogP contribution is 2.22. The number of urea groups is 1. The molecule has 0 atom stereocenters. The van der Waals surface area contributed by atoms with Crippen molar-refractivity contribution >= 4 is 17.6 Å². The van der Waals surface area contributed by atoms with Crippen LogP contribution < -0.4 is 20.9 Å². The lowest BCUT2D eigenvalue weighted by atomic mass is 10.1. The predicted molar refractivity (Wildman–Crippen MR) is 105 cm³/mol. The fourth-order valence-electron chi connectivity index (χ4n) is 2.74. The molecule has 0 spiro atoms. The fourth-order valence-corrected chi connectivity index (χ4v) is 2.93. The highest BCUT2D eigenvalue weighted by Gasteiger charge is 2.16. The van der Waals surface area contributed by atoms with E-state index in [4.69, 9.17) is 16.3 Å². The monoisotopic (exact) mass is 410 g/mol. The van der Waals surface area contributed by atoms with Gasteiger partial charge in [-0.05, 0) is 51.0 Å². The highest BCUT2D eigenvalue weighted by molar-refractivity contribution is 6.31. The summed E-state index contributed by atoms with van der Waals surface area (Å²) in [7, 11) is 0.